The van der Waals surface area contributed by atoms with Crippen molar-refractivity contribution in [1.29, 1.82) is 0 Å². The van der Waals surface area contributed by atoms with E-state index in [1.54, 1.807) is 19.6 Å². The third-order valence-electron chi connectivity index (χ3n) is 10.6. The van der Waals surface area contributed by atoms with Crippen LogP contribution in [0.15, 0.2) is 29.8 Å². The first-order valence-electron chi connectivity index (χ1n) is 18.3. The molecular formula is C38H51N7O7. The van der Waals surface area contributed by atoms with Crippen LogP contribution in [0.3, 0.4) is 0 Å². The van der Waals surface area contributed by atoms with E-state index < -0.39 is 52.6 Å². The molecule has 2 aliphatic heterocycles. The number of ether oxygens (including phenoxy) is 1. The average molecular weight is 718 g/mol. The molecule has 1 aromatic heterocycles. The zero-order valence-electron chi connectivity index (χ0n) is 31.1. The molecule has 6 atom stereocenters. The van der Waals surface area contributed by atoms with Gasteiger partial charge in [0.25, 0.3) is 5.91 Å². The Bertz CT molecular complexity index is 1740. The highest BCUT2D eigenvalue weighted by Gasteiger charge is 2.56. The summed E-state index contributed by atoms with van der Waals surface area (Å²) in [5.74, 6) is -2.26. The predicted octanol–water partition coefficient (Wildman–Crippen LogP) is 2.97. The van der Waals surface area contributed by atoms with Crippen molar-refractivity contribution in [1.82, 2.24) is 30.8 Å². The molecule has 14 nitrogen and oxygen atoms in total. The van der Waals surface area contributed by atoms with Crippen molar-refractivity contribution in [2.75, 3.05) is 13.7 Å². The number of likely N-dealkylation sites (tertiary alicyclic amines) is 1. The van der Waals surface area contributed by atoms with Crippen LogP contribution in [-0.2, 0) is 28.8 Å². The number of hydrogen-bond acceptors (Lipinski definition) is 9. The minimum absolute atomic E-state index is 0.0148. The van der Waals surface area contributed by atoms with Gasteiger partial charge in [-0.3, -0.25) is 24.0 Å². The first-order valence-corrected chi connectivity index (χ1v) is 18.3. The Labute approximate surface area is 304 Å². The van der Waals surface area contributed by atoms with Crippen molar-refractivity contribution >= 4 is 35.1 Å². The average Bonchev–Trinajstić information content (AvgIpc) is 3.92. The number of benzene rings is 1. The number of nitrogens with zero attached hydrogens (tertiary/aromatic N) is 3. The second kappa shape index (κ2) is 14.3. The first-order chi connectivity index (χ1) is 24.6. The Morgan fingerprint density at radius 1 is 1.10 bits per heavy atom. The van der Waals surface area contributed by atoms with E-state index in [1.165, 1.54) is 4.90 Å². The number of aromatic amines is 1. The van der Waals surface area contributed by atoms with E-state index in [0.29, 0.717) is 25.0 Å². The monoisotopic (exact) mass is 717 g/mol. The maximum atomic E-state index is 14.7. The molecule has 1 unspecified atom stereocenters. The van der Waals surface area contributed by atoms with Crippen molar-refractivity contribution < 1.29 is 33.5 Å². The number of Topliss-reactive ketones (excluding diaryl/α,β-unsaturated/α-hetero) is 1. The summed E-state index contributed by atoms with van der Waals surface area (Å²) in [5, 5.41) is 13.0. The summed E-state index contributed by atoms with van der Waals surface area (Å²) in [6.45, 7) is 11.4. The van der Waals surface area contributed by atoms with Gasteiger partial charge in [0, 0.05) is 42.5 Å². The van der Waals surface area contributed by atoms with Gasteiger partial charge in [-0.25, -0.2) is 4.98 Å². The number of H-pyrrole nitrogens is 1. The molecule has 2 aliphatic carbocycles. The first kappa shape index (κ1) is 37.0. The number of aryl methyl sites for hydroxylation is 2. The summed E-state index contributed by atoms with van der Waals surface area (Å²) < 4.78 is 5.55. The van der Waals surface area contributed by atoms with Crippen LogP contribution in [0.4, 0.5) is 0 Å². The summed E-state index contributed by atoms with van der Waals surface area (Å²) in [6, 6.07) is 0.845. The highest BCUT2D eigenvalue weighted by atomic mass is 16.7. The van der Waals surface area contributed by atoms with Crippen LogP contribution in [0.1, 0.15) is 101 Å². The lowest BCUT2D eigenvalue weighted by atomic mass is 9.85. The second-order valence-electron chi connectivity index (χ2n) is 16.0. The summed E-state index contributed by atoms with van der Waals surface area (Å²) >= 11 is 0. The van der Waals surface area contributed by atoms with Gasteiger partial charge in [-0.15, -0.1) is 0 Å². The summed E-state index contributed by atoms with van der Waals surface area (Å²) in [7, 11) is 1.63. The number of amides is 4. The van der Waals surface area contributed by atoms with Gasteiger partial charge in [-0.05, 0) is 68.2 Å². The third kappa shape index (κ3) is 7.70. The topological polar surface area (TPSA) is 184 Å². The standard InChI is InChI=1S/C38H51N7O7/c1-8-9-26(30(46)35(49)41-23-10-11-23)42-34(48)29-16-38(15-27(44-52-38)22-12-20(2)31(51-7)21(3)13-22)18-45(29)36(50)32(37(4,5)6)43-33(47)25-14-24(25)28-17-39-19-40-28/h12-13,17,19,23-26,29,32H,8-11,14-16,18H2,1-7H3,(H,39,40)(H,41,49)(H,42,48)(H,43,47)/t24-,25-,26-,29?,32+,38+/m0/s1. The zero-order chi connectivity index (χ0) is 37.5. The van der Waals surface area contributed by atoms with Gasteiger partial charge in [-0.1, -0.05) is 39.3 Å². The summed E-state index contributed by atoms with van der Waals surface area (Å²) in [5.41, 5.74) is 2.45. The predicted molar refractivity (Wildman–Crippen MR) is 191 cm³/mol. The number of ketones is 1. The number of rotatable bonds is 13. The SMILES string of the molecule is CCC[C@H](NC(=O)C1C[C@]2(CC(c3cc(C)c(OC)c(C)c3)=NO2)CN1C(=O)[C@@H](NC(=O)[C@H]1C[C@@H]1c1c[nH]cn1)C(C)(C)C)C(=O)C(=O)NC1CC1. The van der Waals surface area contributed by atoms with Crippen molar-refractivity contribution in [3.63, 3.8) is 0 Å². The molecule has 0 bridgehead atoms. The number of aromatic nitrogens is 2. The molecule has 3 heterocycles. The van der Waals surface area contributed by atoms with Crippen molar-refractivity contribution in [2.24, 2.45) is 16.5 Å². The molecule has 1 aromatic carbocycles. The van der Waals surface area contributed by atoms with Gasteiger partial charge in [-0.2, -0.15) is 0 Å². The highest BCUT2D eigenvalue weighted by Crippen LogP contribution is 2.47. The van der Waals surface area contributed by atoms with Gasteiger partial charge in [0.2, 0.25) is 23.5 Å². The van der Waals surface area contributed by atoms with Crippen LogP contribution < -0.4 is 20.7 Å². The maximum Gasteiger partial charge on any atom is 0.289 e. The lowest BCUT2D eigenvalue weighted by molar-refractivity contribution is -0.145. The molecule has 52 heavy (non-hydrogen) atoms. The Morgan fingerprint density at radius 3 is 2.40 bits per heavy atom. The molecular weight excluding hydrogens is 666 g/mol. The largest absolute Gasteiger partial charge is 0.496 e. The minimum atomic E-state index is -1.06. The molecule has 2 aromatic rings. The fourth-order valence-corrected chi connectivity index (χ4v) is 7.54. The molecule has 1 spiro atoms. The molecule has 6 rings (SSSR count). The van der Waals surface area contributed by atoms with Crippen molar-refractivity contribution in [2.45, 2.75) is 122 Å². The van der Waals surface area contributed by atoms with Crippen LogP contribution >= 0.6 is 0 Å². The highest BCUT2D eigenvalue weighted by molar-refractivity contribution is 6.38. The Hall–Kier alpha value is -4.75. The van der Waals surface area contributed by atoms with Crippen LogP contribution in [0.2, 0.25) is 0 Å². The van der Waals surface area contributed by atoms with Crippen molar-refractivity contribution in [3.8, 4) is 5.75 Å². The number of methoxy groups -OCH3 is 1. The smallest absolute Gasteiger partial charge is 0.289 e. The number of oxime groups is 1. The Morgan fingerprint density at radius 2 is 1.81 bits per heavy atom. The van der Waals surface area contributed by atoms with Gasteiger partial charge in [0.05, 0.1) is 37.4 Å². The number of nitrogens with one attached hydrogen (secondary N) is 4. The number of hydrogen-bond donors (Lipinski definition) is 4. The molecule has 0 radical (unpaired) electrons. The minimum Gasteiger partial charge on any atom is -0.496 e. The van der Waals surface area contributed by atoms with E-state index in [1.807, 2.05) is 53.7 Å². The van der Waals surface area contributed by atoms with E-state index in [0.717, 1.165) is 41.0 Å². The maximum absolute atomic E-state index is 14.7. The van der Waals surface area contributed by atoms with E-state index >= 15 is 0 Å². The molecule has 4 N–H and O–H groups in total. The molecule has 3 fully saturated rings. The van der Waals surface area contributed by atoms with Gasteiger partial charge in [0.1, 0.15) is 17.8 Å². The normalized spacial score (nSPS) is 24.8. The van der Waals surface area contributed by atoms with Crippen LogP contribution in [0.25, 0.3) is 0 Å². The van der Waals surface area contributed by atoms with Crippen LogP contribution in [-0.4, -0.2) is 93.4 Å². The lowest BCUT2D eigenvalue weighted by Crippen LogP contribution is -2.59. The zero-order valence-corrected chi connectivity index (χ0v) is 31.1. The van der Waals surface area contributed by atoms with Crippen LogP contribution in [0, 0.1) is 25.2 Å². The fraction of sp³-hybridized carbons (Fsp3) is 0.605. The number of carbonyl (C=O) groups excluding carboxylic acids is 5. The van der Waals surface area contributed by atoms with Crippen LogP contribution in [0.5, 0.6) is 5.75 Å². The number of imidazole rings is 1. The Kier molecular flexibility index (Phi) is 10.2. The molecule has 4 amide bonds. The van der Waals surface area contributed by atoms with Crippen molar-refractivity contribution in [3.05, 3.63) is 47.0 Å². The Balaban J connectivity index is 1.25. The molecule has 4 aliphatic rings. The van der Waals surface area contributed by atoms with E-state index in [4.69, 9.17) is 9.57 Å². The summed E-state index contributed by atoms with van der Waals surface area (Å²) in [4.78, 5) is 83.4. The lowest BCUT2D eigenvalue weighted by Gasteiger charge is -2.35. The van der Waals surface area contributed by atoms with Gasteiger partial charge >= 0.3 is 0 Å². The quantitative estimate of drug-likeness (QED) is 0.228. The molecule has 2 saturated carbocycles. The second-order valence-corrected chi connectivity index (χ2v) is 16.0. The van der Waals surface area contributed by atoms with Gasteiger partial charge < -0.3 is 35.4 Å². The summed E-state index contributed by atoms with van der Waals surface area (Å²) in [6.07, 6.45) is 6.84. The molecule has 14 heteroatoms. The van der Waals surface area contributed by atoms with E-state index in [-0.39, 0.29) is 43.2 Å². The third-order valence-corrected chi connectivity index (χ3v) is 10.6. The fourth-order valence-electron chi connectivity index (χ4n) is 7.54. The van der Waals surface area contributed by atoms with Gasteiger partial charge in [0.15, 0.2) is 5.60 Å². The molecule has 1 saturated heterocycles. The number of carbonyl (C=O) groups is 5. The molecule has 280 valence electrons. The van der Waals surface area contributed by atoms with E-state index in [9.17, 15) is 24.0 Å². The van der Waals surface area contributed by atoms with E-state index in [2.05, 4.69) is 31.1 Å².